The highest BCUT2D eigenvalue weighted by Gasteiger charge is 2.55. The Hall–Kier alpha value is -2.90. The summed E-state index contributed by atoms with van der Waals surface area (Å²) in [6.45, 7) is 1.66. The zero-order chi connectivity index (χ0) is 17.0. The number of hydrogen-bond acceptors (Lipinski definition) is 5. The van der Waals surface area contributed by atoms with E-state index < -0.39 is 0 Å². The van der Waals surface area contributed by atoms with E-state index >= 15 is 0 Å². The number of hydrogen-bond donors (Lipinski definition) is 2. The molecule has 25 heavy (non-hydrogen) atoms. The Balaban J connectivity index is 1.24. The molecule has 3 aromatic rings. The summed E-state index contributed by atoms with van der Waals surface area (Å²) in [4.78, 5) is 28.3. The molecule has 1 saturated carbocycles. The summed E-state index contributed by atoms with van der Waals surface area (Å²) in [5.41, 5.74) is 1.71. The number of carbonyl (C=O) groups is 1. The third kappa shape index (κ3) is 2.13. The van der Waals surface area contributed by atoms with Crippen molar-refractivity contribution in [3.63, 3.8) is 0 Å². The predicted octanol–water partition coefficient (Wildman–Crippen LogP) is 1.42. The Bertz CT molecular complexity index is 918. The third-order valence-corrected chi connectivity index (χ3v) is 5.62. The van der Waals surface area contributed by atoms with Gasteiger partial charge < -0.3 is 14.8 Å². The van der Waals surface area contributed by atoms with Crippen LogP contribution in [0, 0.1) is 5.41 Å². The van der Waals surface area contributed by atoms with Crippen molar-refractivity contribution in [2.45, 2.75) is 18.9 Å². The summed E-state index contributed by atoms with van der Waals surface area (Å²) in [6, 6.07) is 4.20. The first-order valence-corrected chi connectivity index (χ1v) is 8.45. The van der Waals surface area contributed by atoms with E-state index in [4.69, 9.17) is 0 Å². The molecule has 0 bridgehead atoms. The number of likely N-dealkylation sites (tertiary alicyclic amines) is 1. The molecule has 8 heteroatoms. The van der Waals surface area contributed by atoms with Crippen LogP contribution in [0.25, 0.3) is 11.0 Å². The van der Waals surface area contributed by atoms with Crippen molar-refractivity contribution < 1.29 is 4.79 Å². The molecule has 0 radical (unpaired) electrons. The second-order valence-corrected chi connectivity index (χ2v) is 7.24. The van der Waals surface area contributed by atoms with E-state index in [1.165, 1.54) is 0 Å². The molecule has 3 aromatic heterocycles. The largest absolute Gasteiger partial charge is 0.356 e. The maximum absolute atomic E-state index is 12.3. The van der Waals surface area contributed by atoms with Crippen molar-refractivity contribution in [2.75, 3.05) is 25.0 Å². The number of amides is 1. The Morgan fingerprint density at radius 3 is 2.92 bits per heavy atom. The summed E-state index contributed by atoms with van der Waals surface area (Å²) >= 11 is 0. The maximum Gasteiger partial charge on any atom is 0.271 e. The standard InChI is InChI=1S/C17H19N7O/c1-23(15-12-2-4-18-14(12)19-10-20-15)11-6-17(7-11)8-24(9-17)16(25)13-3-5-21-22-13/h2-5,10-11H,6-9H2,1H3,(H,21,22)(H,18,19,20). The maximum atomic E-state index is 12.3. The molecule has 0 aromatic carbocycles. The van der Waals surface area contributed by atoms with Crippen molar-refractivity contribution in [2.24, 2.45) is 5.41 Å². The monoisotopic (exact) mass is 337 g/mol. The van der Waals surface area contributed by atoms with Crippen LogP contribution in [0.2, 0.25) is 0 Å². The third-order valence-electron chi connectivity index (χ3n) is 5.62. The van der Waals surface area contributed by atoms with Crippen molar-refractivity contribution in [3.8, 4) is 0 Å². The smallest absolute Gasteiger partial charge is 0.271 e. The van der Waals surface area contributed by atoms with E-state index in [-0.39, 0.29) is 11.3 Å². The lowest BCUT2D eigenvalue weighted by molar-refractivity contribution is -0.0543. The van der Waals surface area contributed by atoms with E-state index in [2.05, 4.69) is 37.1 Å². The molecule has 2 N–H and O–H groups in total. The molecule has 2 aliphatic rings. The Kier molecular flexibility index (Phi) is 2.92. The number of anilines is 1. The first-order valence-electron chi connectivity index (χ1n) is 8.45. The van der Waals surface area contributed by atoms with Crippen molar-refractivity contribution >= 4 is 22.8 Å². The van der Waals surface area contributed by atoms with Crippen molar-refractivity contribution in [3.05, 3.63) is 36.5 Å². The SMILES string of the molecule is CN(c1ncnc2[nH]ccc12)C1CC2(C1)CN(C(=O)c1ccn[nH]1)C2. The van der Waals surface area contributed by atoms with Gasteiger partial charge in [-0.3, -0.25) is 9.89 Å². The van der Waals surface area contributed by atoms with Gasteiger partial charge in [0.25, 0.3) is 5.91 Å². The molecule has 1 amide bonds. The number of nitrogens with zero attached hydrogens (tertiary/aromatic N) is 5. The Morgan fingerprint density at radius 2 is 2.16 bits per heavy atom. The van der Waals surface area contributed by atoms with Crippen LogP contribution in [0.4, 0.5) is 5.82 Å². The number of carbonyl (C=O) groups excluding carboxylic acids is 1. The van der Waals surface area contributed by atoms with Crippen LogP contribution in [0.3, 0.4) is 0 Å². The van der Waals surface area contributed by atoms with Gasteiger partial charge in [-0.25, -0.2) is 9.97 Å². The molecule has 128 valence electrons. The van der Waals surface area contributed by atoms with Gasteiger partial charge in [-0.05, 0) is 25.0 Å². The molecule has 1 aliphatic carbocycles. The number of rotatable bonds is 3. The van der Waals surface area contributed by atoms with E-state index in [9.17, 15) is 4.79 Å². The topological polar surface area (TPSA) is 93.8 Å². The number of aromatic amines is 2. The van der Waals surface area contributed by atoms with Gasteiger partial charge in [-0.1, -0.05) is 0 Å². The van der Waals surface area contributed by atoms with E-state index in [0.717, 1.165) is 42.8 Å². The van der Waals surface area contributed by atoms with Gasteiger partial charge in [-0.15, -0.1) is 0 Å². The zero-order valence-corrected chi connectivity index (χ0v) is 13.9. The second kappa shape index (κ2) is 5.05. The number of nitrogens with one attached hydrogen (secondary N) is 2. The summed E-state index contributed by atoms with van der Waals surface area (Å²) in [5.74, 6) is 1.01. The summed E-state index contributed by atoms with van der Waals surface area (Å²) in [5, 5.41) is 7.65. The lowest BCUT2D eigenvalue weighted by Gasteiger charge is -2.60. The van der Waals surface area contributed by atoms with Gasteiger partial charge in [0, 0.05) is 44.0 Å². The van der Waals surface area contributed by atoms with Crippen LogP contribution < -0.4 is 4.90 Å². The van der Waals surface area contributed by atoms with Crippen molar-refractivity contribution in [1.29, 1.82) is 0 Å². The molecule has 1 aliphatic heterocycles. The van der Waals surface area contributed by atoms with Gasteiger partial charge in [0.15, 0.2) is 0 Å². The van der Waals surface area contributed by atoms with Gasteiger partial charge in [0.2, 0.25) is 0 Å². The van der Waals surface area contributed by atoms with Gasteiger partial charge in [-0.2, -0.15) is 5.10 Å². The van der Waals surface area contributed by atoms with Gasteiger partial charge in [0.05, 0.1) is 5.39 Å². The zero-order valence-electron chi connectivity index (χ0n) is 13.9. The van der Waals surface area contributed by atoms with Crippen molar-refractivity contribution in [1.82, 2.24) is 30.0 Å². The van der Waals surface area contributed by atoms with Crippen LogP contribution in [0.15, 0.2) is 30.9 Å². The van der Waals surface area contributed by atoms with Crippen LogP contribution in [-0.4, -0.2) is 62.1 Å². The van der Waals surface area contributed by atoms with E-state index in [1.54, 1.807) is 18.6 Å². The lowest BCUT2D eigenvalue weighted by Crippen LogP contribution is -2.67. The minimum atomic E-state index is 0.0461. The molecule has 4 heterocycles. The fourth-order valence-electron chi connectivity index (χ4n) is 4.24. The quantitative estimate of drug-likeness (QED) is 0.754. The average Bonchev–Trinajstić information content (AvgIpc) is 3.22. The summed E-state index contributed by atoms with van der Waals surface area (Å²) in [7, 11) is 2.10. The molecular weight excluding hydrogens is 318 g/mol. The summed E-state index contributed by atoms with van der Waals surface area (Å²) < 4.78 is 0. The highest BCUT2D eigenvalue weighted by molar-refractivity contribution is 5.93. The van der Waals surface area contributed by atoms with E-state index in [1.807, 2.05) is 17.2 Å². The van der Waals surface area contributed by atoms with Crippen LogP contribution in [-0.2, 0) is 0 Å². The molecular formula is C17H19N7O. The van der Waals surface area contributed by atoms with Crippen LogP contribution >= 0.6 is 0 Å². The molecule has 0 unspecified atom stereocenters. The highest BCUT2D eigenvalue weighted by Crippen LogP contribution is 2.51. The predicted molar refractivity (Wildman–Crippen MR) is 92.2 cm³/mol. The number of aromatic nitrogens is 5. The fourth-order valence-corrected chi connectivity index (χ4v) is 4.24. The highest BCUT2D eigenvalue weighted by atomic mass is 16.2. The van der Waals surface area contributed by atoms with Gasteiger partial charge in [0.1, 0.15) is 23.5 Å². The first-order chi connectivity index (χ1) is 12.2. The molecule has 0 atom stereocenters. The first kappa shape index (κ1) is 14.4. The molecule has 2 fully saturated rings. The molecule has 5 rings (SSSR count). The van der Waals surface area contributed by atoms with E-state index in [0.29, 0.717) is 11.7 Å². The second-order valence-electron chi connectivity index (χ2n) is 7.24. The fraction of sp³-hybridized carbons (Fsp3) is 0.412. The van der Waals surface area contributed by atoms with Crippen LogP contribution in [0.1, 0.15) is 23.3 Å². The van der Waals surface area contributed by atoms with Gasteiger partial charge >= 0.3 is 0 Å². The summed E-state index contributed by atoms with van der Waals surface area (Å²) in [6.07, 6.45) is 7.29. The molecule has 1 saturated heterocycles. The minimum Gasteiger partial charge on any atom is -0.356 e. The minimum absolute atomic E-state index is 0.0461. The number of fused-ring (bicyclic) bond motifs is 1. The molecule has 8 nitrogen and oxygen atoms in total. The van der Waals surface area contributed by atoms with Crippen LogP contribution in [0.5, 0.6) is 0 Å². The average molecular weight is 337 g/mol. The normalized spacial score (nSPS) is 19.0. The lowest BCUT2D eigenvalue weighted by atomic mass is 9.60. The Labute approximate surface area is 144 Å². The Morgan fingerprint density at radius 1 is 1.32 bits per heavy atom. The number of H-pyrrole nitrogens is 2. The molecule has 1 spiro atoms.